The maximum absolute atomic E-state index is 12.5. The Hall–Kier alpha value is -1.39. The van der Waals surface area contributed by atoms with E-state index in [9.17, 15) is 4.79 Å². The third-order valence-corrected chi connectivity index (χ3v) is 5.22. The van der Waals surface area contributed by atoms with Gasteiger partial charge in [0, 0.05) is 25.4 Å². The molecule has 2 heterocycles. The number of benzene rings is 1. The number of piperidine rings is 1. The fourth-order valence-electron chi connectivity index (χ4n) is 3.66. The Morgan fingerprint density at radius 2 is 1.83 bits per heavy atom. The Morgan fingerprint density at radius 1 is 1.17 bits per heavy atom. The molecule has 4 nitrogen and oxygen atoms in total. The molecule has 24 heavy (non-hydrogen) atoms. The summed E-state index contributed by atoms with van der Waals surface area (Å²) >= 11 is 0. The van der Waals surface area contributed by atoms with Crippen LogP contribution < -0.4 is 0 Å². The number of likely N-dealkylation sites (tertiary alicyclic amines) is 1. The van der Waals surface area contributed by atoms with Crippen LogP contribution in [-0.2, 0) is 20.7 Å². The van der Waals surface area contributed by atoms with Crippen molar-refractivity contribution in [2.75, 3.05) is 26.3 Å². The summed E-state index contributed by atoms with van der Waals surface area (Å²) in [5.41, 5.74) is 1.36. The standard InChI is InChI=1S/C20H29NO3/c1-16(7-8-17-5-3-2-4-6-17)15-19(22)21-11-9-18(10-12-21)20-23-13-14-24-20/h2-6,16,18,20H,7-15H2,1H3. The summed E-state index contributed by atoms with van der Waals surface area (Å²) in [7, 11) is 0. The topological polar surface area (TPSA) is 38.8 Å². The van der Waals surface area contributed by atoms with Crippen molar-refractivity contribution in [2.45, 2.75) is 45.3 Å². The van der Waals surface area contributed by atoms with Crippen LogP contribution in [0.4, 0.5) is 0 Å². The molecule has 1 unspecified atom stereocenters. The molecule has 0 saturated carbocycles. The van der Waals surface area contributed by atoms with Gasteiger partial charge in [-0.05, 0) is 37.2 Å². The van der Waals surface area contributed by atoms with Gasteiger partial charge >= 0.3 is 0 Å². The van der Waals surface area contributed by atoms with Crippen molar-refractivity contribution in [3.8, 4) is 0 Å². The second-order valence-corrected chi connectivity index (χ2v) is 7.16. The highest BCUT2D eigenvalue weighted by atomic mass is 16.7. The predicted molar refractivity (Wildman–Crippen MR) is 93.5 cm³/mol. The molecule has 4 heteroatoms. The van der Waals surface area contributed by atoms with E-state index in [0.717, 1.165) is 38.8 Å². The van der Waals surface area contributed by atoms with Gasteiger partial charge in [0.1, 0.15) is 0 Å². The van der Waals surface area contributed by atoms with E-state index in [4.69, 9.17) is 9.47 Å². The minimum atomic E-state index is -0.0351. The Balaban J connectivity index is 1.37. The van der Waals surface area contributed by atoms with Crippen molar-refractivity contribution >= 4 is 5.91 Å². The van der Waals surface area contributed by atoms with Crippen LogP contribution in [0, 0.1) is 11.8 Å². The molecule has 2 aliphatic heterocycles. The highest BCUT2D eigenvalue weighted by molar-refractivity contribution is 5.76. The zero-order valence-corrected chi connectivity index (χ0v) is 14.7. The average molecular weight is 331 g/mol. The van der Waals surface area contributed by atoms with Crippen molar-refractivity contribution in [2.24, 2.45) is 11.8 Å². The molecule has 1 amide bonds. The fraction of sp³-hybridized carbons (Fsp3) is 0.650. The smallest absolute Gasteiger partial charge is 0.222 e. The summed E-state index contributed by atoms with van der Waals surface area (Å²) in [4.78, 5) is 14.5. The van der Waals surface area contributed by atoms with Crippen LogP contribution in [0.15, 0.2) is 30.3 Å². The van der Waals surface area contributed by atoms with Gasteiger partial charge in [-0.25, -0.2) is 0 Å². The number of nitrogens with zero attached hydrogens (tertiary/aromatic N) is 1. The minimum absolute atomic E-state index is 0.0351. The predicted octanol–water partition coefficient (Wildman–Crippen LogP) is 3.26. The van der Waals surface area contributed by atoms with E-state index in [2.05, 4.69) is 31.2 Å². The van der Waals surface area contributed by atoms with Gasteiger partial charge < -0.3 is 14.4 Å². The molecule has 1 aromatic rings. The average Bonchev–Trinajstić information content (AvgIpc) is 3.16. The molecule has 0 spiro atoms. The number of hydrogen-bond acceptors (Lipinski definition) is 3. The molecule has 0 radical (unpaired) electrons. The first-order valence-electron chi connectivity index (χ1n) is 9.27. The van der Waals surface area contributed by atoms with E-state index < -0.39 is 0 Å². The fourth-order valence-corrected chi connectivity index (χ4v) is 3.66. The Morgan fingerprint density at radius 3 is 2.50 bits per heavy atom. The molecule has 0 bridgehead atoms. The van der Waals surface area contributed by atoms with Crippen LogP contribution in [0.25, 0.3) is 0 Å². The second-order valence-electron chi connectivity index (χ2n) is 7.16. The highest BCUT2D eigenvalue weighted by Crippen LogP contribution is 2.26. The summed E-state index contributed by atoms with van der Waals surface area (Å²) in [6.07, 6.45) is 4.73. The maximum atomic E-state index is 12.5. The number of amides is 1. The monoisotopic (exact) mass is 331 g/mol. The lowest BCUT2D eigenvalue weighted by Gasteiger charge is -2.34. The molecule has 3 rings (SSSR count). The molecule has 0 N–H and O–H groups in total. The lowest BCUT2D eigenvalue weighted by Crippen LogP contribution is -2.41. The van der Waals surface area contributed by atoms with E-state index in [-0.39, 0.29) is 6.29 Å². The van der Waals surface area contributed by atoms with Gasteiger partial charge in [-0.3, -0.25) is 4.79 Å². The SMILES string of the molecule is CC(CCc1ccccc1)CC(=O)N1CCC(C2OCCO2)CC1. The Kier molecular flexibility index (Phi) is 6.27. The van der Waals surface area contributed by atoms with Gasteiger partial charge in [0.25, 0.3) is 0 Å². The summed E-state index contributed by atoms with van der Waals surface area (Å²) < 4.78 is 11.2. The first-order valence-corrected chi connectivity index (χ1v) is 9.27. The minimum Gasteiger partial charge on any atom is -0.350 e. The molecule has 2 aliphatic rings. The molecule has 1 atom stereocenters. The molecule has 2 saturated heterocycles. The van der Waals surface area contributed by atoms with E-state index in [1.807, 2.05) is 11.0 Å². The molecular weight excluding hydrogens is 302 g/mol. The first-order chi connectivity index (χ1) is 11.7. The van der Waals surface area contributed by atoms with Crippen LogP contribution >= 0.6 is 0 Å². The Bertz CT molecular complexity index is 505. The van der Waals surface area contributed by atoms with Crippen molar-refractivity contribution in [3.63, 3.8) is 0 Å². The summed E-state index contributed by atoms with van der Waals surface area (Å²) in [6.45, 7) is 5.30. The first kappa shape index (κ1) is 17.4. The highest BCUT2D eigenvalue weighted by Gasteiger charge is 2.31. The number of carbonyl (C=O) groups is 1. The van der Waals surface area contributed by atoms with Crippen molar-refractivity contribution < 1.29 is 14.3 Å². The second kappa shape index (κ2) is 8.63. The van der Waals surface area contributed by atoms with Gasteiger partial charge in [0.05, 0.1) is 13.2 Å². The zero-order chi connectivity index (χ0) is 16.8. The third-order valence-electron chi connectivity index (χ3n) is 5.22. The number of carbonyl (C=O) groups excluding carboxylic acids is 1. The number of hydrogen-bond donors (Lipinski definition) is 0. The van der Waals surface area contributed by atoms with Crippen LogP contribution in [0.1, 0.15) is 38.2 Å². The van der Waals surface area contributed by atoms with E-state index in [1.54, 1.807) is 0 Å². The number of ether oxygens (including phenoxy) is 2. The lowest BCUT2D eigenvalue weighted by atomic mass is 9.94. The maximum Gasteiger partial charge on any atom is 0.222 e. The summed E-state index contributed by atoms with van der Waals surface area (Å²) in [5.74, 6) is 1.19. The lowest BCUT2D eigenvalue weighted by molar-refractivity contribution is -0.137. The van der Waals surface area contributed by atoms with Crippen molar-refractivity contribution in [1.82, 2.24) is 4.90 Å². The molecule has 1 aromatic carbocycles. The number of rotatable bonds is 6. The number of aryl methyl sites for hydroxylation is 1. The molecule has 0 aromatic heterocycles. The zero-order valence-electron chi connectivity index (χ0n) is 14.7. The molecule has 2 fully saturated rings. The van der Waals surface area contributed by atoms with Crippen LogP contribution in [0.2, 0.25) is 0 Å². The van der Waals surface area contributed by atoms with Crippen LogP contribution in [-0.4, -0.2) is 43.4 Å². The summed E-state index contributed by atoms with van der Waals surface area (Å²) in [5, 5.41) is 0. The largest absolute Gasteiger partial charge is 0.350 e. The molecule has 132 valence electrons. The van der Waals surface area contributed by atoms with E-state index >= 15 is 0 Å². The summed E-state index contributed by atoms with van der Waals surface area (Å²) in [6, 6.07) is 10.5. The van der Waals surface area contributed by atoms with E-state index in [0.29, 0.717) is 37.4 Å². The third kappa shape index (κ3) is 4.81. The quantitative estimate of drug-likeness (QED) is 0.803. The van der Waals surface area contributed by atoms with Crippen molar-refractivity contribution in [1.29, 1.82) is 0 Å². The van der Waals surface area contributed by atoms with Crippen molar-refractivity contribution in [3.05, 3.63) is 35.9 Å². The van der Waals surface area contributed by atoms with Crippen LogP contribution in [0.3, 0.4) is 0 Å². The van der Waals surface area contributed by atoms with Gasteiger partial charge in [0.15, 0.2) is 6.29 Å². The van der Waals surface area contributed by atoms with Gasteiger partial charge in [0.2, 0.25) is 5.91 Å². The normalized spacial score (nSPS) is 21.1. The molecular formula is C20H29NO3. The Labute approximate surface area is 145 Å². The molecule has 0 aliphatic carbocycles. The van der Waals surface area contributed by atoms with Gasteiger partial charge in [-0.15, -0.1) is 0 Å². The van der Waals surface area contributed by atoms with Gasteiger partial charge in [-0.1, -0.05) is 37.3 Å². The van der Waals surface area contributed by atoms with Gasteiger partial charge in [-0.2, -0.15) is 0 Å². The van der Waals surface area contributed by atoms with E-state index in [1.165, 1.54) is 5.56 Å². The van der Waals surface area contributed by atoms with Crippen LogP contribution in [0.5, 0.6) is 0 Å².